The van der Waals surface area contributed by atoms with Gasteiger partial charge >= 0.3 is 0 Å². The van der Waals surface area contributed by atoms with E-state index >= 15 is 0 Å². The van der Waals surface area contributed by atoms with Crippen molar-refractivity contribution in [1.82, 2.24) is 10.1 Å². The quantitative estimate of drug-likeness (QED) is 0.570. The van der Waals surface area contributed by atoms with Crippen molar-refractivity contribution in [3.8, 4) is 11.5 Å². The van der Waals surface area contributed by atoms with E-state index in [1.54, 1.807) is 4.90 Å². The van der Waals surface area contributed by atoms with Crippen LogP contribution >= 0.6 is 11.6 Å². The van der Waals surface area contributed by atoms with Gasteiger partial charge in [0.15, 0.2) is 11.3 Å². The number of sulfonamides is 1. The molecule has 12 heteroatoms. The van der Waals surface area contributed by atoms with E-state index in [1.165, 1.54) is 44.6 Å². The number of nitrogens with one attached hydrogen (secondary N) is 1. The topological polar surface area (TPSA) is 120 Å². The molecule has 0 bridgehead atoms. The molecule has 2 aromatic carbocycles. The highest BCUT2D eigenvalue weighted by Crippen LogP contribution is 2.37. The summed E-state index contributed by atoms with van der Waals surface area (Å²) in [7, 11) is -1.23. The van der Waals surface area contributed by atoms with Gasteiger partial charge in [0.05, 0.1) is 48.4 Å². The zero-order chi connectivity index (χ0) is 22.9. The summed E-state index contributed by atoms with van der Waals surface area (Å²) in [5, 5.41) is 4.36. The second-order valence-electron chi connectivity index (χ2n) is 6.89. The molecule has 0 atom stereocenters. The fourth-order valence-corrected chi connectivity index (χ4v) is 4.63. The number of benzene rings is 2. The van der Waals surface area contributed by atoms with Crippen LogP contribution in [0.2, 0.25) is 5.02 Å². The van der Waals surface area contributed by atoms with Crippen LogP contribution < -0.4 is 14.2 Å². The number of morpholine rings is 1. The predicted octanol–water partition coefficient (Wildman–Crippen LogP) is 2.77. The summed E-state index contributed by atoms with van der Waals surface area (Å²) in [6.07, 6.45) is 0. The van der Waals surface area contributed by atoms with Crippen molar-refractivity contribution >= 4 is 44.2 Å². The molecule has 32 heavy (non-hydrogen) atoms. The Bertz CT molecular complexity index is 1270. The first-order valence-corrected chi connectivity index (χ1v) is 11.4. The number of halogens is 1. The molecule has 1 saturated heterocycles. The van der Waals surface area contributed by atoms with Gasteiger partial charge in [-0.15, -0.1) is 0 Å². The molecule has 2 heterocycles. The molecule has 1 aromatic heterocycles. The molecule has 0 spiro atoms. The summed E-state index contributed by atoms with van der Waals surface area (Å²) < 4.78 is 49.5. The fraction of sp³-hybridized carbons (Fsp3) is 0.300. The lowest BCUT2D eigenvalue weighted by atomic mass is 10.2. The lowest BCUT2D eigenvalue weighted by molar-refractivity contribution is 0.0297. The van der Waals surface area contributed by atoms with Crippen LogP contribution in [0, 0.1) is 0 Å². The average Bonchev–Trinajstić information content (AvgIpc) is 3.22. The summed E-state index contributed by atoms with van der Waals surface area (Å²) in [4.78, 5) is 14.4. The summed E-state index contributed by atoms with van der Waals surface area (Å²) in [5.74, 6) is 0.214. The molecule has 10 nitrogen and oxygen atoms in total. The molecule has 1 aliphatic rings. The molecule has 1 aliphatic heterocycles. The standard InChI is InChI=1S/C20H20ClN3O7S/c1-28-17-11-18(29-2)15(10-14(17)21)23-32(26,27)12-3-4-16-13(9-12)19(22-31-16)20(25)24-5-7-30-8-6-24/h3-4,9-11,23H,5-8H2,1-2H3. The van der Waals surface area contributed by atoms with Crippen molar-refractivity contribution in [3.05, 3.63) is 41.0 Å². The number of hydrogen-bond acceptors (Lipinski definition) is 8. The van der Waals surface area contributed by atoms with Crippen molar-refractivity contribution in [3.63, 3.8) is 0 Å². The minimum absolute atomic E-state index is 0.0454. The van der Waals surface area contributed by atoms with E-state index in [-0.39, 0.29) is 33.0 Å². The van der Waals surface area contributed by atoms with Crippen molar-refractivity contribution in [2.45, 2.75) is 4.90 Å². The first-order valence-electron chi connectivity index (χ1n) is 9.55. The van der Waals surface area contributed by atoms with Crippen LogP contribution in [0.5, 0.6) is 11.5 Å². The molecule has 170 valence electrons. The van der Waals surface area contributed by atoms with Gasteiger partial charge < -0.3 is 23.6 Å². The normalized spacial score (nSPS) is 14.4. The number of carbonyl (C=O) groups is 1. The van der Waals surface area contributed by atoms with Crippen LogP contribution in [0.25, 0.3) is 11.0 Å². The predicted molar refractivity (Wildman–Crippen MR) is 116 cm³/mol. The fourth-order valence-electron chi connectivity index (χ4n) is 3.30. The Morgan fingerprint density at radius 1 is 1.12 bits per heavy atom. The number of nitrogens with zero attached hydrogens (tertiary/aromatic N) is 2. The SMILES string of the molecule is COc1cc(OC)c(NS(=O)(=O)c2ccc3onc(C(=O)N4CCOCC4)c3c2)cc1Cl. The first kappa shape index (κ1) is 22.2. The number of fused-ring (bicyclic) bond motifs is 1. The molecule has 1 N–H and O–H groups in total. The molecular formula is C20H20ClN3O7S. The van der Waals surface area contributed by atoms with Crippen LogP contribution in [0.1, 0.15) is 10.5 Å². The van der Waals surface area contributed by atoms with E-state index in [0.717, 1.165) is 0 Å². The van der Waals surface area contributed by atoms with Crippen molar-refractivity contribution in [2.24, 2.45) is 0 Å². The Morgan fingerprint density at radius 3 is 2.53 bits per heavy atom. The second-order valence-corrected chi connectivity index (χ2v) is 8.98. The van der Waals surface area contributed by atoms with E-state index in [0.29, 0.717) is 43.0 Å². The van der Waals surface area contributed by atoms with E-state index in [2.05, 4.69) is 9.88 Å². The summed E-state index contributed by atoms with van der Waals surface area (Å²) in [5.41, 5.74) is 0.475. The van der Waals surface area contributed by atoms with Gasteiger partial charge in [-0.1, -0.05) is 16.8 Å². The Morgan fingerprint density at radius 2 is 1.84 bits per heavy atom. The van der Waals surface area contributed by atoms with Crippen LogP contribution in [0.3, 0.4) is 0 Å². The maximum atomic E-state index is 13.1. The van der Waals surface area contributed by atoms with Crippen molar-refractivity contribution < 1.29 is 31.9 Å². The number of amides is 1. The van der Waals surface area contributed by atoms with E-state index in [4.69, 9.17) is 30.3 Å². The third-order valence-corrected chi connectivity index (χ3v) is 6.63. The molecule has 1 fully saturated rings. The molecule has 0 saturated carbocycles. The van der Waals surface area contributed by atoms with Crippen LogP contribution in [0.4, 0.5) is 5.69 Å². The Balaban J connectivity index is 1.68. The number of carbonyl (C=O) groups excluding carboxylic acids is 1. The van der Waals surface area contributed by atoms with E-state index in [9.17, 15) is 13.2 Å². The third-order valence-electron chi connectivity index (χ3n) is 4.97. The molecule has 3 aromatic rings. The largest absolute Gasteiger partial charge is 0.495 e. The maximum absolute atomic E-state index is 13.1. The summed E-state index contributed by atoms with van der Waals surface area (Å²) in [6, 6.07) is 7.02. The van der Waals surface area contributed by atoms with Gasteiger partial charge in [-0.2, -0.15) is 0 Å². The highest BCUT2D eigenvalue weighted by molar-refractivity contribution is 7.92. The Hall–Kier alpha value is -3.02. The van der Waals surface area contributed by atoms with Crippen molar-refractivity contribution in [1.29, 1.82) is 0 Å². The van der Waals surface area contributed by atoms with Crippen LogP contribution in [-0.2, 0) is 14.8 Å². The molecule has 0 radical (unpaired) electrons. The Kier molecular flexibility index (Phi) is 6.13. The number of aromatic nitrogens is 1. The van der Waals surface area contributed by atoms with Gasteiger partial charge in [0.25, 0.3) is 15.9 Å². The highest BCUT2D eigenvalue weighted by Gasteiger charge is 2.26. The maximum Gasteiger partial charge on any atom is 0.276 e. The van der Waals surface area contributed by atoms with Gasteiger partial charge in [-0.3, -0.25) is 9.52 Å². The van der Waals surface area contributed by atoms with Gasteiger partial charge in [0.1, 0.15) is 11.5 Å². The summed E-state index contributed by atoms with van der Waals surface area (Å²) in [6.45, 7) is 1.70. The van der Waals surface area contributed by atoms with Gasteiger partial charge in [-0.25, -0.2) is 8.42 Å². The third kappa shape index (κ3) is 4.18. The lowest BCUT2D eigenvalue weighted by Crippen LogP contribution is -2.40. The van der Waals surface area contributed by atoms with Gasteiger partial charge in [0, 0.05) is 19.2 Å². The number of ether oxygens (including phenoxy) is 3. The van der Waals surface area contributed by atoms with E-state index in [1.807, 2.05) is 0 Å². The summed E-state index contributed by atoms with van der Waals surface area (Å²) >= 11 is 6.14. The van der Waals surface area contributed by atoms with Gasteiger partial charge in [0.2, 0.25) is 0 Å². The monoisotopic (exact) mass is 481 g/mol. The van der Waals surface area contributed by atoms with E-state index < -0.39 is 10.0 Å². The minimum atomic E-state index is -4.06. The molecule has 0 aliphatic carbocycles. The number of methoxy groups -OCH3 is 2. The molecular weight excluding hydrogens is 462 g/mol. The molecule has 0 unspecified atom stereocenters. The van der Waals surface area contributed by atoms with Crippen LogP contribution in [-0.4, -0.2) is 64.9 Å². The zero-order valence-corrected chi connectivity index (χ0v) is 18.8. The average molecular weight is 482 g/mol. The Labute approximate surface area is 189 Å². The highest BCUT2D eigenvalue weighted by atomic mass is 35.5. The molecule has 1 amide bonds. The second kappa shape index (κ2) is 8.85. The van der Waals surface area contributed by atoms with Crippen molar-refractivity contribution in [2.75, 3.05) is 45.2 Å². The smallest absolute Gasteiger partial charge is 0.276 e. The lowest BCUT2D eigenvalue weighted by Gasteiger charge is -2.25. The van der Waals surface area contributed by atoms with Crippen LogP contribution in [0.15, 0.2) is 39.8 Å². The number of hydrogen-bond donors (Lipinski definition) is 1. The van der Waals surface area contributed by atoms with Gasteiger partial charge in [-0.05, 0) is 24.3 Å². The minimum Gasteiger partial charge on any atom is -0.495 e. The number of rotatable bonds is 6. The number of anilines is 1. The first-order chi connectivity index (χ1) is 15.3. The zero-order valence-electron chi connectivity index (χ0n) is 17.3. The molecule has 4 rings (SSSR count).